The number of hydrogen-bond donors (Lipinski definition) is 1. The summed E-state index contributed by atoms with van der Waals surface area (Å²) in [4.78, 5) is 1.33. The van der Waals surface area contributed by atoms with Gasteiger partial charge in [-0.1, -0.05) is 24.9 Å². The van der Waals surface area contributed by atoms with Crippen LogP contribution in [0.2, 0.25) is 4.34 Å². The minimum absolute atomic E-state index is 0. The number of hydrogen-bond acceptors (Lipinski definition) is 2. The van der Waals surface area contributed by atoms with E-state index in [2.05, 4.69) is 18.3 Å². The molecule has 1 aromatic heterocycles. The van der Waals surface area contributed by atoms with Crippen LogP contribution in [-0.2, 0) is 6.54 Å². The Morgan fingerprint density at radius 2 is 2.20 bits per heavy atom. The largest absolute Gasteiger partial charge is 0.311 e. The van der Waals surface area contributed by atoms with Gasteiger partial charge in [-0.2, -0.15) is 0 Å². The van der Waals surface area contributed by atoms with E-state index in [0.717, 1.165) is 17.4 Å². The van der Waals surface area contributed by atoms with Crippen molar-refractivity contribution in [3.05, 3.63) is 21.3 Å². The summed E-state index contributed by atoms with van der Waals surface area (Å²) in [6.07, 6.45) is 4.17. The second kappa shape index (κ2) is 5.53. The highest BCUT2D eigenvalue weighted by Gasteiger charge is 2.30. The molecule has 0 saturated heterocycles. The summed E-state index contributed by atoms with van der Waals surface area (Å²) in [5, 5.41) is 3.51. The van der Waals surface area contributed by atoms with Gasteiger partial charge in [0.15, 0.2) is 0 Å². The van der Waals surface area contributed by atoms with Crippen LogP contribution in [0.15, 0.2) is 12.1 Å². The van der Waals surface area contributed by atoms with Crippen molar-refractivity contribution in [3.8, 4) is 0 Å². The molecule has 0 radical (unpaired) electrons. The van der Waals surface area contributed by atoms with E-state index in [1.807, 2.05) is 6.07 Å². The van der Waals surface area contributed by atoms with Crippen molar-refractivity contribution in [3.63, 3.8) is 0 Å². The predicted molar refractivity (Wildman–Crippen MR) is 70.2 cm³/mol. The van der Waals surface area contributed by atoms with Crippen LogP contribution in [0, 0.1) is 5.41 Å². The Hall–Kier alpha value is 0.240. The van der Waals surface area contributed by atoms with E-state index in [1.54, 1.807) is 11.3 Å². The molecule has 0 atom stereocenters. The molecule has 15 heavy (non-hydrogen) atoms. The molecule has 1 N–H and O–H groups in total. The summed E-state index contributed by atoms with van der Waals surface area (Å²) in [5.74, 6) is 0. The zero-order chi connectivity index (χ0) is 10.0. The van der Waals surface area contributed by atoms with Gasteiger partial charge in [-0.15, -0.1) is 23.7 Å². The second-order valence-electron chi connectivity index (χ2n) is 4.47. The molecular weight excluding hydrogens is 249 g/mol. The molecule has 0 spiro atoms. The Morgan fingerprint density at radius 1 is 1.47 bits per heavy atom. The van der Waals surface area contributed by atoms with Gasteiger partial charge in [-0.05, 0) is 30.4 Å². The fourth-order valence-corrected chi connectivity index (χ4v) is 2.95. The molecule has 1 nitrogen and oxygen atoms in total. The van der Waals surface area contributed by atoms with Crippen molar-refractivity contribution in [1.29, 1.82) is 0 Å². The predicted octanol–water partition coefficient (Wildman–Crippen LogP) is 4.10. The quantitative estimate of drug-likeness (QED) is 0.865. The zero-order valence-corrected chi connectivity index (χ0v) is 11.3. The highest BCUT2D eigenvalue weighted by atomic mass is 35.5. The van der Waals surface area contributed by atoms with Gasteiger partial charge in [0, 0.05) is 18.0 Å². The highest BCUT2D eigenvalue weighted by molar-refractivity contribution is 7.16. The van der Waals surface area contributed by atoms with E-state index in [1.165, 1.54) is 24.1 Å². The molecule has 1 aliphatic rings. The number of thiophene rings is 1. The Morgan fingerprint density at radius 3 is 2.67 bits per heavy atom. The molecule has 1 aromatic rings. The van der Waals surface area contributed by atoms with Crippen LogP contribution >= 0.6 is 35.3 Å². The first-order chi connectivity index (χ1) is 6.68. The molecule has 0 aliphatic heterocycles. The topological polar surface area (TPSA) is 12.0 Å². The maximum absolute atomic E-state index is 5.86. The molecule has 1 fully saturated rings. The van der Waals surface area contributed by atoms with Crippen molar-refractivity contribution >= 4 is 35.3 Å². The lowest BCUT2D eigenvalue weighted by Gasteiger charge is -2.38. The Bertz CT molecular complexity index is 307. The second-order valence-corrected chi connectivity index (χ2v) is 6.27. The minimum Gasteiger partial charge on any atom is -0.311 e. The zero-order valence-electron chi connectivity index (χ0n) is 8.88. The third kappa shape index (κ3) is 3.63. The number of nitrogens with one attached hydrogen (secondary N) is 1. The molecular formula is C11H17Cl2NS. The van der Waals surface area contributed by atoms with E-state index in [4.69, 9.17) is 11.6 Å². The first-order valence-electron chi connectivity index (χ1n) is 5.13. The molecule has 0 aromatic carbocycles. The van der Waals surface area contributed by atoms with Gasteiger partial charge in [0.2, 0.25) is 0 Å². The highest BCUT2D eigenvalue weighted by Crippen LogP contribution is 2.39. The molecule has 0 bridgehead atoms. The van der Waals surface area contributed by atoms with Gasteiger partial charge in [0.25, 0.3) is 0 Å². The molecule has 4 heteroatoms. The Labute approximate surface area is 107 Å². The van der Waals surface area contributed by atoms with Crippen molar-refractivity contribution in [1.82, 2.24) is 5.32 Å². The van der Waals surface area contributed by atoms with Gasteiger partial charge in [-0.25, -0.2) is 0 Å². The van der Waals surface area contributed by atoms with E-state index < -0.39 is 0 Å². The summed E-state index contributed by atoms with van der Waals surface area (Å²) >= 11 is 7.53. The number of rotatable bonds is 4. The molecule has 2 rings (SSSR count). The van der Waals surface area contributed by atoms with Crippen LogP contribution in [0.3, 0.4) is 0 Å². The summed E-state index contributed by atoms with van der Waals surface area (Å²) in [5.41, 5.74) is 0.570. The summed E-state index contributed by atoms with van der Waals surface area (Å²) in [6, 6.07) is 4.07. The van der Waals surface area contributed by atoms with E-state index >= 15 is 0 Å². The van der Waals surface area contributed by atoms with Crippen molar-refractivity contribution in [2.45, 2.75) is 32.7 Å². The van der Waals surface area contributed by atoms with E-state index in [0.29, 0.717) is 5.41 Å². The van der Waals surface area contributed by atoms with E-state index in [9.17, 15) is 0 Å². The van der Waals surface area contributed by atoms with Crippen LogP contribution in [0.5, 0.6) is 0 Å². The monoisotopic (exact) mass is 265 g/mol. The lowest BCUT2D eigenvalue weighted by atomic mass is 9.70. The molecule has 0 amide bonds. The first kappa shape index (κ1) is 13.3. The maximum Gasteiger partial charge on any atom is 0.0931 e. The van der Waals surface area contributed by atoms with Crippen LogP contribution in [0.1, 0.15) is 31.1 Å². The van der Waals surface area contributed by atoms with Crippen LogP contribution in [0.25, 0.3) is 0 Å². The molecule has 0 unspecified atom stereocenters. The average molecular weight is 266 g/mol. The third-order valence-corrected chi connectivity index (χ3v) is 4.27. The smallest absolute Gasteiger partial charge is 0.0931 e. The fraction of sp³-hybridized carbons (Fsp3) is 0.636. The summed E-state index contributed by atoms with van der Waals surface area (Å²) < 4.78 is 0.886. The van der Waals surface area contributed by atoms with Crippen molar-refractivity contribution in [2.24, 2.45) is 5.41 Å². The van der Waals surface area contributed by atoms with Crippen molar-refractivity contribution < 1.29 is 0 Å². The van der Waals surface area contributed by atoms with Crippen LogP contribution < -0.4 is 5.32 Å². The van der Waals surface area contributed by atoms with Gasteiger partial charge >= 0.3 is 0 Å². The van der Waals surface area contributed by atoms with Gasteiger partial charge in [0.05, 0.1) is 4.34 Å². The molecule has 1 aliphatic carbocycles. The van der Waals surface area contributed by atoms with Crippen molar-refractivity contribution in [2.75, 3.05) is 6.54 Å². The Kier molecular flexibility index (Phi) is 4.91. The van der Waals surface area contributed by atoms with Gasteiger partial charge in [0.1, 0.15) is 0 Å². The standard InChI is InChI=1S/C11H16ClNS.ClH/c1-11(5-2-6-11)8-13-7-9-3-4-10(12)14-9;/h3-4,13H,2,5-8H2,1H3;1H. The fourth-order valence-electron chi connectivity index (χ4n) is 1.89. The van der Waals surface area contributed by atoms with E-state index in [-0.39, 0.29) is 12.4 Å². The van der Waals surface area contributed by atoms with Gasteiger partial charge < -0.3 is 5.32 Å². The SMILES string of the molecule is CC1(CNCc2ccc(Cl)s2)CCC1.Cl. The lowest BCUT2D eigenvalue weighted by molar-refractivity contribution is 0.156. The molecule has 86 valence electrons. The molecule has 1 heterocycles. The minimum atomic E-state index is 0. The first-order valence-corrected chi connectivity index (χ1v) is 6.32. The number of halogens is 2. The lowest BCUT2D eigenvalue weighted by Crippen LogP contribution is -2.36. The third-order valence-electron chi connectivity index (χ3n) is 3.04. The summed E-state index contributed by atoms with van der Waals surface area (Å²) in [7, 11) is 0. The van der Waals surface area contributed by atoms with Gasteiger partial charge in [-0.3, -0.25) is 0 Å². The maximum atomic E-state index is 5.86. The normalized spacial score (nSPS) is 18.0. The molecule has 1 saturated carbocycles. The van der Waals surface area contributed by atoms with Crippen LogP contribution in [-0.4, -0.2) is 6.54 Å². The Balaban J connectivity index is 0.00000112. The summed E-state index contributed by atoms with van der Waals surface area (Å²) in [6.45, 7) is 4.47. The average Bonchev–Trinajstić information content (AvgIpc) is 2.49. The van der Waals surface area contributed by atoms with Crippen LogP contribution in [0.4, 0.5) is 0 Å².